The summed E-state index contributed by atoms with van der Waals surface area (Å²) in [5.74, 6) is 0.744. The first-order chi connectivity index (χ1) is 10.6. The summed E-state index contributed by atoms with van der Waals surface area (Å²) in [5, 5.41) is 2.00. The number of likely N-dealkylation sites (tertiary alicyclic amines) is 1. The SMILES string of the molecule is CCCc1cc(C(=O)N(C)CC2CCN(CCOC)C2)cs1. The fraction of sp³-hybridized carbons (Fsp3) is 0.706. The smallest absolute Gasteiger partial charge is 0.254 e. The molecule has 124 valence electrons. The summed E-state index contributed by atoms with van der Waals surface area (Å²) in [6, 6.07) is 2.06. The fourth-order valence-corrected chi connectivity index (χ4v) is 4.01. The molecule has 0 saturated carbocycles. The van der Waals surface area contributed by atoms with E-state index in [1.807, 2.05) is 17.3 Å². The van der Waals surface area contributed by atoms with Gasteiger partial charge in [-0.2, -0.15) is 0 Å². The number of amides is 1. The Hall–Kier alpha value is -0.910. The highest BCUT2D eigenvalue weighted by Gasteiger charge is 2.25. The van der Waals surface area contributed by atoms with Crippen LogP contribution in [0.3, 0.4) is 0 Å². The van der Waals surface area contributed by atoms with Crippen LogP contribution >= 0.6 is 11.3 Å². The highest BCUT2D eigenvalue weighted by atomic mass is 32.1. The maximum atomic E-state index is 12.5. The Bertz CT molecular complexity index is 475. The Kier molecular flexibility index (Phi) is 6.86. The second-order valence-electron chi connectivity index (χ2n) is 6.19. The summed E-state index contributed by atoms with van der Waals surface area (Å²) in [5.41, 5.74) is 0.852. The molecule has 1 aromatic heterocycles. The van der Waals surface area contributed by atoms with Crippen LogP contribution in [0.5, 0.6) is 0 Å². The second kappa shape index (κ2) is 8.65. The third-order valence-electron chi connectivity index (χ3n) is 4.26. The van der Waals surface area contributed by atoms with E-state index >= 15 is 0 Å². The van der Waals surface area contributed by atoms with Gasteiger partial charge in [-0.1, -0.05) is 13.3 Å². The van der Waals surface area contributed by atoms with Crippen molar-refractivity contribution in [3.8, 4) is 0 Å². The van der Waals surface area contributed by atoms with Crippen molar-refractivity contribution in [2.24, 2.45) is 5.92 Å². The molecular formula is C17H28N2O2S. The third-order valence-corrected chi connectivity index (χ3v) is 5.25. The Balaban J connectivity index is 1.81. The van der Waals surface area contributed by atoms with Gasteiger partial charge in [-0.25, -0.2) is 0 Å². The van der Waals surface area contributed by atoms with Gasteiger partial charge in [0.05, 0.1) is 12.2 Å². The van der Waals surface area contributed by atoms with Gasteiger partial charge in [-0.05, 0) is 31.4 Å². The Morgan fingerprint density at radius 2 is 2.36 bits per heavy atom. The lowest BCUT2D eigenvalue weighted by Crippen LogP contribution is -2.33. The van der Waals surface area contributed by atoms with Gasteiger partial charge in [0.1, 0.15) is 0 Å². The van der Waals surface area contributed by atoms with E-state index in [-0.39, 0.29) is 5.91 Å². The van der Waals surface area contributed by atoms with E-state index in [9.17, 15) is 4.79 Å². The van der Waals surface area contributed by atoms with Crippen LogP contribution in [0.15, 0.2) is 11.4 Å². The van der Waals surface area contributed by atoms with Gasteiger partial charge < -0.3 is 14.5 Å². The minimum Gasteiger partial charge on any atom is -0.383 e. The fourth-order valence-electron chi connectivity index (χ4n) is 3.05. The average Bonchev–Trinajstić information content (AvgIpc) is 3.14. The Labute approximate surface area is 138 Å². The molecule has 0 spiro atoms. The van der Waals surface area contributed by atoms with E-state index in [0.29, 0.717) is 5.92 Å². The molecule has 1 aliphatic rings. The normalized spacial score (nSPS) is 18.8. The van der Waals surface area contributed by atoms with Gasteiger partial charge in [0.2, 0.25) is 0 Å². The van der Waals surface area contributed by atoms with Gasteiger partial charge in [0.25, 0.3) is 5.91 Å². The molecule has 22 heavy (non-hydrogen) atoms. The molecule has 1 saturated heterocycles. The molecule has 1 aliphatic heterocycles. The predicted octanol–water partition coefficient (Wildman–Crippen LogP) is 2.74. The second-order valence-corrected chi connectivity index (χ2v) is 7.18. The lowest BCUT2D eigenvalue weighted by Gasteiger charge is -2.21. The maximum absolute atomic E-state index is 12.5. The molecule has 5 heteroatoms. The summed E-state index contributed by atoms with van der Waals surface area (Å²) in [7, 11) is 3.67. The van der Waals surface area contributed by atoms with Crippen molar-refractivity contribution in [1.29, 1.82) is 0 Å². The topological polar surface area (TPSA) is 32.8 Å². The molecular weight excluding hydrogens is 296 g/mol. The van der Waals surface area contributed by atoms with E-state index in [4.69, 9.17) is 4.74 Å². The molecule has 0 radical (unpaired) electrons. The third kappa shape index (κ3) is 4.80. The van der Waals surface area contributed by atoms with Crippen LogP contribution in [0.2, 0.25) is 0 Å². The zero-order valence-corrected chi connectivity index (χ0v) is 14.8. The lowest BCUT2D eigenvalue weighted by molar-refractivity contribution is 0.0772. The number of nitrogens with zero attached hydrogens (tertiary/aromatic N) is 2. The number of hydrogen-bond donors (Lipinski definition) is 0. The van der Waals surface area contributed by atoms with Crippen LogP contribution in [-0.2, 0) is 11.2 Å². The molecule has 1 amide bonds. The van der Waals surface area contributed by atoms with Crippen molar-refractivity contribution < 1.29 is 9.53 Å². The predicted molar refractivity (Wildman–Crippen MR) is 91.7 cm³/mol. The summed E-state index contributed by atoms with van der Waals surface area (Å²) in [6.45, 7) is 7.00. The summed E-state index contributed by atoms with van der Waals surface area (Å²) < 4.78 is 5.13. The number of carbonyl (C=O) groups is 1. The quantitative estimate of drug-likeness (QED) is 0.737. The first-order valence-corrected chi connectivity index (χ1v) is 9.06. The first kappa shape index (κ1) is 17.4. The van der Waals surface area contributed by atoms with Crippen LogP contribution in [0.1, 0.15) is 35.0 Å². The van der Waals surface area contributed by atoms with Crippen molar-refractivity contribution in [2.75, 3.05) is 46.9 Å². The van der Waals surface area contributed by atoms with E-state index in [2.05, 4.69) is 17.9 Å². The highest BCUT2D eigenvalue weighted by Crippen LogP contribution is 2.20. The monoisotopic (exact) mass is 324 g/mol. The van der Waals surface area contributed by atoms with Crippen molar-refractivity contribution in [1.82, 2.24) is 9.80 Å². The van der Waals surface area contributed by atoms with Crippen molar-refractivity contribution in [3.63, 3.8) is 0 Å². The molecule has 4 nitrogen and oxygen atoms in total. The van der Waals surface area contributed by atoms with Crippen molar-refractivity contribution in [2.45, 2.75) is 26.2 Å². The minimum atomic E-state index is 0.161. The van der Waals surface area contributed by atoms with Gasteiger partial charge in [0.15, 0.2) is 0 Å². The van der Waals surface area contributed by atoms with Gasteiger partial charge >= 0.3 is 0 Å². The number of hydrogen-bond acceptors (Lipinski definition) is 4. The minimum absolute atomic E-state index is 0.161. The molecule has 1 atom stereocenters. The van der Waals surface area contributed by atoms with E-state index in [0.717, 1.165) is 51.2 Å². The molecule has 1 unspecified atom stereocenters. The molecule has 0 bridgehead atoms. The molecule has 0 aromatic carbocycles. The number of rotatable bonds is 8. The Morgan fingerprint density at radius 1 is 1.55 bits per heavy atom. The summed E-state index contributed by atoms with van der Waals surface area (Å²) >= 11 is 1.70. The zero-order chi connectivity index (χ0) is 15.9. The first-order valence-electron chi connectivity index (χ1n) is 8.18. The summed E-state index contributed by atoms with van der Waals surface area (Å²) in [4.78, 5) is 18.1. The number of carbonyl (C=O) groups excluding carboxylic acids is 1. The Morgan fingerprint density at radius 3 is 3.09 bits per heavy atom. The van der Waals surface area contributed by atoms with Crippen LogP contribution in [0.4, 0.5) is 0 Å². The number of aryl methyl sites for hydroxylation is 1. The maximum Gasteiger partial charge on any atom is 0.254 e. The largest absolute Gasteiger partial charge is 0.383 e. The lowest BCUT2D eigenvalue weighted by atomic mass is 10.1. The van der Waals surface area contributed by atoms with Crippen LogP contribution in [-0.4, -0.2) is 62.7 Å². The summed E-state index contributed by atoms with van der Waals surface area (Å²) in [6.07, 6.45) is 3.37. The molecule has 0 N–H and O–H groups in total. The van der Waals surface area contributed by atoms with Crippen LogP contribution in [0, 0.1) is 5.92 Å². The number of thiophene rings is 1. The van der Waals surface area contributed by atoms with Crippen LogP contribution < -0.4 is 0 Å². The molecule has 1 fully saturated rings. The van der Waals surface area contributed by atoms with Gasteiger partial charge in [0, 0.05) is 44.0 Å². The van der Waals surface area contributed by atoms with E-state index in [1.54, 1.807) is 18.4 Å². The van der Waals surface area contributed by atoms with E-state index in [1.165, 1.54) is 11.3 Å². The van der Waals surface area contributed by atoms with Crippen LogP contribution in [0.25, 0.3) is 0 Å². The average molecular weight is 324 g/mol. The zero-order valence-electron chi connectivity index (χ0n) is 14.0. The molecule has 1 aromatic rings. The molecule has 0 aliphatic carbocycles. The highest BCUT2D eigenvalue weighted by molar-refractivity contribution is 7.10. The van der Waals surface area contributed by atoms with Crippen molar-refractivity contribution in [3.05, 3.63) is 21.9 Å². The van der Waals surface area contributed by atoms with Crippen molar-refractivity contribution >= 4 is 17.2 Å². The van der Waals surface area contributed by atoms with Gasteiger partial charge in [-0.3, -0.25) is 4.79 Å². The van der Waals surface area contributed by atoms with E-state index < -0.39 is 0 Å². The molecule has 2 rings (SSSR count). The molecule has 2 heterocycles. The number of methoxy groups -OCH3 is 1. The number of ether oxygens (including phenoxy) is 1. The van der Waals surface area contributed by atoms with Gasteiger partial charge in [-0.15, -0.1) is 11.3 Å². The standard InChI is InChI=1S/C17H28N2O2S/c1-4-5-16-10-15(13-22-16)17(20)18(2)11-14-6-7-19(12-14)8-9-21-3/h10,13-14H,4-9,11-12H2,1-3H3.